The van der Waals surface area contributed by atoms with E-state index >= 15 is 0 Å². The molecule has 0 aliphatic rings. The number of rotatable bonds is 3. The Morgan fingerprint density at radius 2 is 1.91 bits per heavy atom. The van der Waals surface area contributed by atoms with Crippen LogP contribution < -0.4 is 0 Å². The van der Waals surface area contributed by atoms with Gasteiger partial charge in [0.2, 0.25) is 0 Å². The van der Waals surface area contributed by atoms with Gasteiger partial charge in [0.1, 0.15) is 0 Å². The predicted molar refractivity (Wildman–Crippen MR) is 47.0 cm³/mol. The first kappa shape index (κ1) is 10.5. The SMILES string of the molecule is CCN([C]=O)C(C)C(C)(C)C. The van der Waals surface area contributed by atoms with Crippen molar-refractivity contribution in [2.45, 2.75) is 40.7 Å². The molecule has 1 amide bonds. The molecule has 0 aliphatic carbocycles. The molecular formula is C9H18NO. The van der Waals surface area contributed by atoms with Crippen LogP contribution in [0.3, 0.4) is 0 Å². The minimum Gasteiger partial charge on any atom is -0.331 e. The molecule has 1 radical (unpaired) electrons. The maximum atomic E-state index is 10.4. The molecule has 0 aromatic heterocycles. The van der Waals surface area contributed by atoms with E-state index < -0.39 is 0 Å². The molecule has 1 atom stereocenters. The lowest BCUT2D eigenvalue weighted by molar-refractivity contribution is 0.183. The molecule has 0 heterocycles. The van der Waals surface area contributed by atoms with Crippen molar-refractivity contribution < 1.29 is 4.79 Å². The zero-order valence-electron chi connectivity index (χ0n) is 8.14. The van der Waals surface area contributed by atoms with Crippen LogP contribution in [0.5, 0.6) is 0 Å². The standard InChI is InChI=1S/C9H18NO/c1-6-10(7-11)8(2)9(3,4)5/h8H,6H2,1-5H3. The number of amides is 1. The van der Waals surface area contributed by atoms with Gasteiger partial charge >= 0.3 is 6.41 Å². The Labute approximate surface area is 69.6 Å². The van der Waals surface area contributed by atoms with Crippen LogP contribution in [0.1, 0.15) is 34.6 Å². The Balaban J connectivity index is 4.20. The number of hydrogen-bond acceptors (Lipinski definition) is 1. The molecule has 0 spiro atoms. The average molecular weight is 156 g/mol. The number of hydrogen-bond donors (Lipinski definition) is 0. The maximum absolute atomic E-state index is 10.4. The summed E-state index contributed by atoms with van der Waals surface area (Å²) >= 11 is 0. The van der Waals surface area contributed by atoms with Gasteiger partial charge in [0.05, 0.1) is 0 Å². The topological polar surface area (TPSA) is 20.3 Å². The van der Waals surface area contributed by atoms with Crippen LogP contribution >= 0.6 is 0 Å². The lowest BCUT2D eigenvalue weighted by Gasteiger charge is -2.34. The van der Waals surface area contributed by atoms with Gasteiger partial charge in [-0.1, -0.05) is 20.8 Å². The molecule has 0 saturated carbocycles. The molecule has 2 heteroatoms. The molecule has 0 N–H and O–H groups in total. The third kappa shape index (κ3) is 2.91. The highest BCUT2D eigenvalue weighted by Gasteiger charge is 2.24. The van der Waals surface area contributed by atoms with E-state index in [1.807, 2.05) is 13.3 Å². The first-order valence-corrected chi connectivity index (χ1v) is 4.08. The Morgan fingerprint density at radius 3 is 2.00 bits per heavy atom. The summed E-state index contributed by atoms with van der Waals surface area (Å²) in [6, 6.07) is 0.255. The summed E-state index contributed by atoms with van der Waals surface area (Å²) in [6.07, 6.45) is 1.94. The van der Waals surface area contributed by atoms with Gasteiger partial charge < -0.3 is 4.90 Å². The fourth-order valence-electron chi connectivity index (χ4n) is 0.885. The smallest absolute Gasteiger partial charge is 0.312 e. The Kier molecular flexibility index (Phi) is 3.56. The highest BCUT2D eigenvalue weighted by atomic mass is 16.1. The minimum absolute atomic E-state index is 0.146. The zero-order valence-corrected chi connectivity index (χ0v) is 8.14. The van der Waals surface area contributed by atoms with Crippen molar-refractivity contribution in [3.8, 4) is 0 Å². The van der Waals surface area contributed by atoms with Gasteiger partial charge in [0.15, 0.2) is 0 Å². The second kappa shape index (κ2) is 3.74. The van der Waals surface area contributed by atoms with Gasteiger partial charge in [0.25, 0.3) is 0 Å². The monoisotopic (exact) mass is 156 g/mol. The third-order valence-electron chi connectivity index (χ3n) is 2.18. The van der Waals surface area contributed by atoms with E-state index in [0.29, 0.717) is 0 Å². The summed E-state index contributed by atoms with van der Waals surface area (Å²) < 4.78 is 0. The Morgan fingerprint density at radius 1 is 1.45 bits per heavy atom. The normalized spacial score (nSPS) is 14.3. The lowest BCUT2D eigenvalue weighted by atomic mass is 9.87. The van der Waals surface area contributed by atoms with Gasteiger partial charge in [-0.15, -0.1) is 0 Å². The summed E-state index contributed by atoms with van der Waals surface area (Å²) in [6.45, 7) is 11.1. The van der Waals surface area contributed by atoms with E-state index in [2.05, 4.69) is 27.7 Å². The van der Waals surface area contributed by atoms with E-state index in [1.165, 1.54) is 0 Å². The summed E-state index contributed by atoms with van der Waals surface area (Å²) in [5.74, 6) is 0. The third-order valence-corrected chi connectivity index (χ3v) is 2.18. The van der Waals surface area contributed by atoms with Crippen molar-refractivity contribution in [1.82, 2.24) is 4.90 Å². The van der Waals surface area contributed by atoms with Gasteiger partial charge in [-0.25, -0.2) is 0 Å². The van der Waals surface area contributed by atoms with Gasteiger partial charge in [-0.2, -0.15) is 0 Å². The Bertz CT molecular complexity index is 126. The van der Waals surface area contributed by atoms with Crippen molar-refractivity contribution in [2.75, 3.05) is 6.54 Å². The molecule has 11 heavy (non-hydrogen) atoms. The molecule has 2 nitrogen and oxygen atoms in total. The molecule has 0 aromatic rings. The summed E-state index contributed by atoms with van der Waals surface area (Å²) in [5, 5.41) is 0. The van der Waals surface area contributed by atoms with Crippen LogP contribution in [0.15, 0.2) is 0 Å². The highest BCUT2D eigenvalue weighted by molar-refractivity contribution is 5.48. The number of nitrogens with zero attached hydrogens (tertiary/aromatic N) is 1. The molecule has 65 valence electrons. The van der Waals surface area contributed by atoms with E-state index in [4.69, 9.17) is 0 Å². The second-order valence-corrected chi connectivity index (χ2v) is 3.92. The molecule has 1 unspecified atom stereocenters. The van der Waals surface area contributed by atoms with Crippen molar-refractivity contribution in [3.05, 3.63) is 0 Å². The van der Waals surface area contributed by atoms with Crippen LogP contribution in [0, 0.1) is 5.41 Å². The molecule has 0 saturated heterocycles. The quantitative estimate of drug-likeness (QED) is 0.571. The number of carbonyl (C=O) groups excluding carboxylic acids is 1. The van der Waals surface area contributed by atoms with Crippen LogP contribution in [0.4, 0.5) is 0 Å². The molecule has 0 rings (SSSR count). The van der Waals surface area contributed by atoms with E-state index in [9.17, 15) is 4.79 Å². The van der Waals surface area contributed by atoms with E-state index in [-0.39, 0.29) is 11.5 Å². The lowest BCUT2D eigenvalue weighted by Crippen LogP contribution is -2.40. The van der Waals surface area contributed by atoms with Gasteiger partial charge in [0, 0.05) is 12.6 Å². The summed E-state index contributed by atoms with van der Waals surface area (Å²) in [7, 11) is 0. The first-order valence-electron chi connectivity index (χ1n) is 4.08. The van der Waals surface area contributed by atoms with Crippen molar-refractivity contribution in [3.63, 3.8) is 0 Å². The highest BCUT2D eigenvalue weighted by Crippen LogP contribution is 2.22. The minimum atomic E-state index is 0.146. The van der Waals surface area contributed by atoms with Crippen LogP contribution in [0.25, 0.3) is 0 Å². The van der Waals surface area contributed by atoms with Crippen LogP contribution in [-0.2, 0) is 4.79 Å². The summed E-state index contributed by atoms with van der Waals surface area (Å²) in [5.41, 5.74) is 0.146. The van der Waals surface area contributed by atoms with Gasteiger partial charge in [-0.3, -0.25) is 4.79 Å². The van der Waals surface area contributed by atoms with Crippen molar-refractivity contribution >= 4 is 6.41 Å². The van der Waals surface area contributed by atoms with E-state index in [0.717, 1.165) is 6.54 Å². The van der Waals surface area contributed by atoms with Crippen LogP contribution in [0.2, 0.25) is 0 Å². The molecule has 0 aromatic carbocycles. The van der Waals surface area contributed by atoms with Gasteiger partial charge in [-0.05, 0) is 19.3 Å². The molecule has 0 fully saturated rings. The molecular weight excluding hydrogens is 138 g/mol. The average Bonchev–Trinajstić information content (AvgIpc) is 1.88. The van der Waals surface area contributed by atoms with Crippen molar-refractivity contribution in [1.29, 1.82) is 0 Å². The zero-order chi connectivity index (χ0) is 9.07. The summed E-state index contributed by atoms with van der Waals surface area (Å²) in [4.78, 5) is 12.1. The maximum Gasteiger partial charge on any atom is 0.312 e. The fraction of sp³-hybridized carbons (Fsp3) is 0.889. The van der Waals surface area contributed by atoms with E-state index in [1.54, 1.807) is 4.90 Å². The molecule has 0 aliphatic heterocycles. The van der Waals surface area contributed by atoms with Crippen molar-refractivity contribution in [2.24, 2.45) is 5.41 Å². The molecule has 0 bridgehead atoms. The largest absolute Gasteiger partial charge is 0.331 e. The second-order valence-electron chi connectivity index (χ2n) is 3.92. The Hall–Kier alpha value is -0.530. The first-order chi connectivity index (χ1) is 4.93. The predicted octanol–water partition coefficient (Wildman–Crippen LogP) is 1.81. The fourth-order valence-corrected chi connectivity index (χ4v) is 0.885. The van der Waals surface area contributed by atoms with Crippen LogP contribution in [-0.4, -0.2) is 23.9 Å².